The van der Waals surface area contributed by atoms with Gasteiger partial charge < -0.3 is 11.1 Å². The Morgan fingerprint density at radius 2 is 1.57 bits per heavy atom. The van der Waals surface area contributed by atoms with Gasteiger partial charge in [-0.25, -0.2) is 8.42 Å². The van der Waals surface area contributed by atoms with Crippen LogP contribution in [0, 0.1) is 5.92 Å². The van der Waals surface area contributed by atoms with Crippen LogP contribution in [0.25, 0.3) is 10.8 Å². The van der Waals surface area contributed by atoms with Gasteiger partial charge in [-0.2, -0.15) is 4.72 Å². The van der Waals surface area contributed by atoms with Gasteiger partial charge in [0.15, 0.2) is 0 Å². The summed E-state index contributed by atoms with van der Waals surface area (Å²) in [6.45, 7) is 3.49. The number of anilines is 2. The first-order valence-electron chi connectivity index (χ1n) is 9.15. The summed E-state index contributed by atoms with van der Waals surface area (Å²) in [4.78, 5) is 12.9. The lowest BCUT2D eigenvalue weighted by molar-refractivity contribution is -0.118. The number of benzene rings is 3. The lowest BCUT2D eigenvalue weighted by atomic mass is 10.0. The number of nitrogen functional groups attached to an aromatic ring is 1. The largest absolute Gasteiger partial charge is 0.396 e. The van der Waals surface area contributed by atoms with E-state index in [1.54, 1.807) is 26.0 Å². The van der Waals surface area contributed by atoms with E-state index in [0.717, 1.165) is 10.8 Å². The summed E-state index contributed by atoms with van der Waals surface area (Å²) in [7, 11) is -3.94. The number of fused-ring (bicyclic) bond motifs is 1. The first kappa shape index (κ1) is 22.4. The van der Waals surface area contributed by atoms with Crippen molar-refractivity contribution in [3.63, 3.8) is 0 Å². The van der Waals surface area contributed by atoms with Gasteiger partial charge in [0, 0.05) is 5.69 Å². The van der Waals surface area contributed by atoms with Crippen LogP contribution in [-0.4, -0.2) is 20.4 Å². The third kappa shape index (κ3) is 4.87. The first-order valence-corrected chi connectivity index (χ1v) is 11.4. The molecule has 9 heteroatoms. The highest BCUT2D eigenvalue weighted by molar-refractivity contribution is 7.89. The molecule has 1 unspecified atom stereocenters. The Morgan fingerprint density at radius 3 is 2.17 bits per heavy atom. The second-order valence-electron chi connectivity index (χ2n) is 7.19. The molecule has 0 fully saturated rings. The highest BCUT2D eigenvalue weighted by Crippen LogP contribution is 2.31. The number of carbonyl (C=O) groups is 1. The molecule has 3 aromatic rings. The molecular formula is C21H21Cl2N3O3S. The molecule has 1 atom stereocenters. The smallest absolute Gasteiger partial charge is 0.242 e. The molecule has 0 aliphatic carbocycles. The SMILES string of the molecule is CC(C)C(NS(=O)(=O)c1ccc2ccccc2c1)C(=O)Nc1cc(Cl)c(N)c(Cl)c1. The summed E-state index contributed by atoms with van der Waals surface area (Å²) >= 11 is 12.0. The van der Waals surface area contributed by atoms with Crippen LogP contribution in [0.1, 0.15) is 13.8 Å². The third-order valence-corrected chi connectivity index (χ3v) is 6.67. The van der Waals surface area contributed by atoms with Gasteiger partial charge in [-0.15, -0.1) is 0 Å². The zero-order valence-electron chi connectivity index (χ0n) is 16.3. The predicted molar refractivity (Wildman–Crippen MR) is 122 cm³/mol. The molecule has 1 amide bonds. The van der Waals surface area contributed by atoms with Crippen molar-refractivity contribution in [2.75, 3.05) is 11.1 Å². The zero-order valence-corrected chi connectivity index (χ0v) is 18.6. The minimum atomic E-state index is -3.94. The fraction of sp³-hybridized carbons (Fsp3) is 0.190. The molecule has 0 radical (unpaired) electrons. The Kier molecular flexibility index (Phi) is 6.57. The topological polar surface area (TPSA) is 101 Å². The van der Waals surface area contributed by atoms with E-state index in [4.69, 9.17) is 28.9 Å². The Morgan fingerprint density at radius 1 is 0.967 bits per heavy atom. The zero-order chi connectivity index (χ0) is 22.1. The minimum absolute atomic E-state index is 0.0817. The van der Waals surface area contributed by atoms with Crippen molar-refractivity contribution >= 4 is 61.3 Å². The average Bonchev–Trinajstić information content (AvgIpc) is 2.69. The molecule has 0 heterocycles. The van der Waals surface area contributed by atoms with E-state index in [0.29, 0.717) is 5.69 Å². The Hall–Kier alpha value is -2.32. The van der Waals surface area contributed by atoms with Crippen molar-refractivity contribution in [2.24, 2.45) is 5.92 Å². The van der Waals surface area contributed by atoms with Crippen LogP contribution in [-0.2, 0) is 14.8 Å². The van der Waals surface area contributed by atoms with Gasteiger partial charge in [-0.1, -0.05) is 67.4 Å². The number of sulfonamides is 1. The quantitative estimate of drug-likeness (QED) is 0.460. The molecule has 30 heavy (non-hydrogen) atoms. The molecular weight excluding hydrogens is 445 g/mol. The molecule has 0 saturated carbocycles. The average molecular weight is 466 g/mol. The van der Waals surface area contributed by atoms with E-state index in [1.165, 1.54) is 18.2 Å². The minimum Gasteiger partial charge on any atom is -0.396 e. The maximum absolute atomic E-state index is 13.0. The van der Waals surface area contributed by atoms with E-state index in [-0.39, 0.29) is 26.5 Å². The number of amides is 1. The predicted octanol–water partition coefficient (Wildman–Crippen LogP) is 4.67. The van der Waals surface area contributed by atoms with Gasteiger partial charge >= 0.3 is 0 Å². The number of carbonyl (C=O) groups excluding carboxylic acids is 1. The molecule has 4 N–H and O–H groups in total. The molecule has 6 nitrogen and oxygen atoms in total. The number of rotatable bonds is 6. The highest BCUT2D eigenvalue weighted by atomic mass is 35.5. The third-order valence-electron chi connectivity index (χ3n) is 4.61. The van der Waals surface area contributed by atoms with Crippen molar-refractivity contribution in [1.82, 2.24) is 4.72 Å². The van der Waals surface area contributed by atoms with Crippen molar-refractivity contribution in [3.8, 4) is 0 Å². The van der Waals surface area contributed by atoms with E-state index in [2.05, 4.69) is 10.0 Å². The van der Waals surface area contributed by atoms with Crippen LogP contribution >= 0.6 is 23.2 Å². The van der Waals surface area contributed by atoms with E-state index >= 15 is 0 Å². The van der Waals surface area contributed by atoms with Crippen LogP contribution < -0.4 is 15.8 Å². The van der Waals surface area contributed by atoms with E-state index in [1.807, 2.05) is 24.3 Å². The molecule has 0 aliphatic heterocycles. The van der Waals surface area contributed by atoms with Gasteiger partial charge in [0.2, 0.25) is 15.9 Å². The molecule has 3 rings (SSSR count). The van der Waals surface area contributed by atoms with E-state index < -0.39 is 22.0 Å². The molecule has 158 valence electrons. The number of halogens is 2. The summed E-state index contributed by atoms with van der Waals surface area (Å²) in [6.07, 6.45) is 0. The lowest BCUT2D eigenvalue weighted by Gasteiger charge is -2.22. The second kappa shape index (κ2) is 8.81. The standard InChI is InChI=1S/C21H21Cl2N3O3S/c1-12(2)20(21(27)25-15-10-17(22)19(24)18(23)11-15)26-30(28,29)16-8-7-13-5-3-4-6-14(13)9-16/h3-12,20,26H,24H2,1-2H3,(H,25,27). The van der Waals surface area contributed by atoms with Crippen molar-refractivity contribution in [1.29, 1.82) is 0 Å². The van der Waals surface area contributed by atoms with Crippen molar-refractivity contribution < 1.29 is 13.2 Å². The number of hydrogen-bond acceptors (Lipinski definition) is 4. The second-order valence-corrected chi connectivity index (χ2v) is 9.72. The van der Waals surface area contributed by atoms with Gasteiger partial charge in [-0.05, 0) is 41.0 Å². The summed E-state index contributed by atoms with van der Waals surface area (Å²) in [5, 5.41) is 4.74. The van der Waals surface area contributed by atoms with Crippen LogP contribution in [0.15, 0.2) is 59.5 Å². The van der Waals surface area contributed by atoms with Crippen molar-refractivity contribution in [3.05, 3.63) is 64.6 Å². The molecule has 0 bridgehead atoms. The van der Waals surface area contributed by atoms with Gasteiger partial charge in [-0.3, -0.25) is 4.79 Å². The lowest BCUT2D eigenvalue weighted by Crippen LogP contribution is -2.47. The first-order chi connectivity index (χ1) is 14.1. The maximum atomic E-state index is 13.0. The fourth-order valence-electron chi connectivity index (χ4n) is 2.94. The van der Waals surface area contributed by atoms with Crippen LogP contribution in [0.5, 0.6) is 0 Å². The number of nitrogens with two attached hydrogens (primary N) is 1. The Labute approximate surface area is 185 Å². The molecule has 3 aromatic carbocycles. The molecule has 0 spiro atoms. The Bertz CT molecular complexity index is 1190. The summed E-state index contributed by atoms with van der Waals surface area (Å²) in [5.74, 6) is -0.855. The summed E-state index contributed by atoms with van der Waals surface area (Å²) in [5.41, 5.74) is 6.23. The van der Waals surface area contributed by atoms with Gasteiger partial charge in [0.1, 0.15) is 6.04 Å². The molecule has 0 aliphatic rings. The van der Waals surface area contributed by atoms with E-state index in [9.17, 15) is 13.2 Å². The number of hydrogen-bond donors (Lipinski definition) is 3. The van der Waals surface area contributed by atoms with Crippen LogP contribution in [0.4, 0.5) is 11.4 Å². The fourth-order valence-corrected chi connectivity index (χ4v) is 4.80. The van der Waals surface area contributed by atoms with Gasteiger partial charge in [0.25, 0.3) is 0 Å². The normalized spacial score (nSPS) is 12.8. The molecule has 0 aromatic heterocycles. The Balaban J connectivity index is 1.85. The highest BCUT2D eigenvalue weighted by Gasteiger charge is 2.29. The van der Waals surface area contributed by atoms with Gasteiger partial charge in [0.05, 0.1) is 20.6 Å². The maximum Gasteiger partial charge on any atom is 0.242 e. The molecule has 0 saturated heterocycles. The summed E-state index contributed by atoms with van der Waals surface area (Å²) < 4.78 is 28.4. The number of nitrogens with one attached hydrogen (secondary N) is 2. The monoisotopic (exact) mass is 465 g/mol. The van der Waals surface area contributed by atoms with Crippen molar-refractivity contribution in [2.45, 2.75) is 24.8 Å². The summed E-state index contributed by atoms with van der Waals surface area (Å²) in [6, 6.07) is 14.1. The van der Waals surface area contributed by atoms with Crippen LogP contribution in [0.3, 0.4) is 0 Å². The van der Waals surface area contributed by atoms with Crippen LogP contribution in [0.2, 0.25) is 10.0 Å².